The first-order valence-electron chi connectivity index (χ1n) is 5.42. The first-order valence-corrected chi connectivity index (χ1v) is 6.49. The Kier molecular flexibility index (Phi) is 10.1. The first-order chi connectivity index (χ1) is 7.65. The van der Waals surface area contributed by atoms with E-state index in [1.165, 1.54) is 0 Å². The molecular formula is C10H20Cl2N2O2. The van der Waals surface area contributed by atoms with E-state index < -0.39 is 5.97 Å². The van der Waals surface area contributed by atoms with Crippen LogP contribution in [0.2, 0.25) is 0 Å². The number of carbonyl (C=O) groups is 1. The van der Waals surface area contributed by atoms with E-state index in [1.807, 2.05) is 0 Å². The van der Waals surface area contributed by atoms with Gasteiger partial charge in [-0.05, 0) is 25.9 Å². The van der Waals surface area contributed by atoms with Crippen molar-refractivity contribution in [1.82, 2.24) is 4.90 Å². The molecule has 3 N–H and O–H groups in total. The van der Waals surface area contributed by atoms with Crippen LogP contribution in [0, 0.1) is 5.92 Å². The third-order valence-electron chi connectivity index (χ3n) is 2.46. The van der Waals surface area contributed by atoms with Crippen molar-refractivity contribution in [2.75, 3.05) is 37.9 Å². The van der Waals surface area contributed by atoms with Crippen molar-refractivity contribution < 1.29 is 9.90 Å². The predicted octanol–water partition coefficient (Wildman–Crippen LogP) is 1.21. The number of alkyl halides is 2. The molecule has 0 saturated heterocycles. The topological polar surface area (TPSA) is 66.6 Å². The molecule has 0 aromatic carbocycles. The number of rotatable bonds is 10. The Morgan fingerprint density at radius 1 is 1.19 bits per heavy atom. The molecular weight excluding hydrogens is 251 g/mol. The molecule has 4 nitrogen and oxygen atoms in total. The van der Waals surface area contributed by atoms with E-state index in [4.69, 9.17) is 34.0 Å². The largest absolute Gasteiger partial charge is 0.481 e. The number of carboxylic acids is 1. The van der Waals surface area contributed by atoms with Gasteiger partial charge in [0.15, 0.2) is 0 Å². The van der Waals surface area contributed by atoms with Gasteiger partial charge in [0.05, 0.1) is 5.92 Å². The minimum atomic E-state index is -0.776. The van der Waals surface area contributed by atoms with Crippen LogP contribution < -0.4 is 5.73 Å². The Hall–Kier alpha value is -0.0300. The molecule has 6 heteroatoms. The van der Waals surface area contributed by atoms with E-state index in [1.54, 1.807) is 0 Å². The van der Waals surface area contributed by atoms with Gasteiger partial charge >= 0.3 is 5.97 Å². The molecule has 0 amide bonds. The zero-order valence-corrected chi connectivity index (χ0v) is 10.9. The lowest BCUT2D eigenvalue weighted by Crippen LogP contribution is -2.31. The summed E-state index contributed by atoms with van der Waals surface area (Å²) in [6.07, 6.45) is 1.12. The Labute approximate surface area is 107 Å². The summed E-state index contributed by atoms with van der Waals surface area (Å²) in [5.41, 5.74) is 5.37. The van der Waals surface area contributed by atoms with Gasteiger partial charge in [0, 0.05) is 24.8 Å². The second-order valence-electron chi connectivity index (χ2n) is 3.62. The average molecular weight is 271 g/mol. The predicted molar refractivity (Wildman–Crippen MR) is 67.3 cm³/mol. The fraction of sp³-hybridized carbons (Fsp3) is 0.900. The maximum absolute atomic E-state index is 10.9. The van der Waals surface area contributed by atoms with Crippen LogP contribution in [-0.2, 0) is 4.79 Å². The van der Waals surface area contributed by atoms with Crippen LogP contribution in [0.4, 0.5) is 0 Å². The van der Waals surface area contributed by atoms with Crippen LogP contribution in [0.25, 0.3) is 0 Å². The van der Waals surface area contributed by atoms with Crippen LogP contribution in [0.3, 0.4) is 0 Å². The van der Waals surface area contributed by atoms with Crippen molar-refractivity contribution in [2.45, 2.75) is 12.8 Å². The number of aliphatic carboxylic acids is 1. The lowest BCUT2D eigenvalue weighted by Gasteiger charge is -2.21. The van der Waals surface area contributed by atoms with Crippen LogP contribution >= 0.6 is 23.2 Å². The third-order valence-corrected chi connectivity index (χ3v) is 2.80. The number of carboxylic acid groups (broad SMARTS) is 1. The molecule has 0 radical (unpaired) electrons. The van der Waals surface area contributed by atoms with Gasteiger partial charge in [0.1, 0.15) is 0 Å². The summed E-state index contributed by atoms with van der Waals surface area (Å²) in [6, 6.07) is 0. The van der Waals surface area contributed by atoms with Crippen molar-refractivity contribution in [3.8, 4) is 0 Å². The van der Waals surface area contributed by atoms with Gasteiger partial charge in [-0.25, -0.2) is 0 Å². The summed E-state index contributed by atoms with van der Waals surface area (Å²) in [5, 5.41) is 8.95. The van der Waals surface area contributed by atoms with Crippen LogP contribution in [0.15, 0.2) is 0 Å². The van der Waals surface area contributed by atoms with Crippen LogP contribution in [0.5, 0.6) is 0 Å². The molecule has 0 aliphatic heterocycles. The second kappa shape index (κ2) is 10.1. The Balaban J connectivity index is 3.98. The highest BCUT2D eigenvalue weighted by Gasteiger charge is 2.17. The lowest BCUT2D eigenvalue weighted by molar-refractivity contribution is -0.142. The minimum Gasteiger partial charge on any atom is -0.481 e. The van der Waals surface area contributed by atoms with E-state index in [0.29, 0.717) is 37.7 Å². The fourth-order valence-corrected chi connectivity index (χ4v) is 1.98. The van der Waals surface area contributed by atoms with Crippen molar-refractivity contribution in [2.24, 2.45) is 11.7 Å². The SMILES string of the molecule is NCCC(CCN(CCCl)CCCl)C(=O)O. The van der Waals surface area contributed by atoms with Crippen molar-refractivity contribution in [1.29, 1.82) is 0 Å². The molecule has 96 valence electrons. The Morgan fingerprint density at radius 2 is 1.75 bits per heavy atom. The molecule has 0 aromatic rings. The molecule has 0 fully saturated rings. The molecule has 0 aliphatic rings. The van der Waals surface area contributed by atoms with E-state index >= 15 is 0 Å². The zero-order chi connectivity index (χ0) is 12.4. The van der Waals surface area contributed by atoms with E-state index in [-0.39, 0.29) is 5.92 Å². The van der Waals surface area contributed by atoms with Gasteiger partial charge in [-0.2, -0.15) is 0 Å². The molecule has 0 aromatic heterocycles. The van der Waals surface area contributed by atoms with Crippen molar-refractivity contribution in [3.05, 3.63) is 0 Å². The Morgan fingerprint density at radius 3 is 2.12 bits per heavy atom. The molecule has 16 heavy (non-hydrogen) atoms. The molecule has 0 spiro atoms. The molecule has 0 bridgehead atoms. The minimum absolute atomic E-state index is 0.363. The molecule has 0 rings (SSSR count). The van der Waals surface area contributed by atoms with Gasteiger partial charge in [-0.3, -0.25) is 4.79 Å². The highest BCUT2D eigenvalue weighted by atomic mass is 35.5. The van der Waals surface area contributed by atoms with Gasteiger partial charge in [0.2, 0.25) is 0 Å². The zero-order valence-electron chi connectivity index (χ0n) is 9.37. The standard InChI is InChI=1S/C10H20Cl2N2O2/c11-3-7-14(8-4-12)6-2-9(1-5-13)10(15)16/h9H,1-8,13H2,(H,15,16). The molecule has 0 heterocycles. The number of nitrogens with zero attached hydrogens (tertiary/aromatic N) is 1. The smallest absolute Gasteiger partial charge is 0.306 e. The fourth-order valence-electron chi connectivity index (χ4n) is 1.51. The van der Waals surface area contributed by atoms with Crippen LogP contribution in [-0.4, -0.2) is 53.9 Å². The lowest BCUT2D eigenvalue weighted by atomic mass is 10.0. The highest BCUT2D eigenvalue weighted by Crippen LogP contribution is 2.09. The maximum Gasteiger partial charge on any atom is 0.306 e. The average Bonchev–Trinajstić information content (AvgIpc) is 2.24. The molecule has 0 saturated carbocycles. The summed E-state index contributed by atoms with van der Waals surface area (Å²) in [6.45, 7) is 2.59. The van der Waals surface area contributed by atoms with E-state index in [0.717, 1.165) is 13.1 Å². The van der Waals surface area contributed by atoms with E-state index in [9.17, 15) is 4.79 Å². The molecule has 0 aliphatic carbocycles. The first kappa shape index (κ1) is 16.0. The Bertz CT molecular complexity index is 188. The number of nitrogens with two attached hydrogens (primary N) is 1. The number of halogens is 2. The number of hydrogen-bond acceptors (Lipinski definition) is 3. The maximum atomic E-state index is 10.9. The van der Waals surface area contributed by atoms with Gasteiger partial charge in [0.25, 0.3) is 0 Å². The third kappa shape index (κ3) is 7.28. The van der Waals surface area contributed by atoms with Gasteiger partial charge in [-0.1, -0.05) is 0 Å². The molecule has 1 atom stereocenters. The normalized spacial score (nSPS) is 13.0. The molecule has 1 unspecified atom stereocenters. The summed E-state index contributed by atoms with van der Waals surface area (Å²) in [4.78, 5) is 13.0. The van der Waals surface area contributed by atoms with E-state index in [2.05, 4.69) is 4.90 Å². The van der Waals surface area contributed by atoms with Gasteiger partial charge < -0.3 is 15.7 Å². The highest BCUT2D eigenvalue weighted by molar-refractivity contribution is 6.18. The summed E-state index contributed by atoms with van der Waals surface area (Å²) < 4.78 is 0. The summed E-state index contributed by atoms with van der Waals surface area (Å²) >= 11 is 11.3. The summed E-state index contributed by atoms with van der Waals surface area (Å²) in [5.74, 6) is -0.0721. The van der Waals surface area contributed by atoms with Crippen LogP contribution in [0.1, 0.15) is 12.8 Å². The van der Waals surface area contributed by atoms with Crippen molar-refractivity contribution in [3.63, 3.8) is 0 Å². The van der Waals surface area contributed by atoms with Crippen molar-refractivity contribution >= 4 is 29.2 Å². The second-order valence-corrected chi connectivity index (χ2v) is 4.38. The monoisotopic (exact) mass is 270 g/mol. The summed E-state index contributed by atoms with van der Waals surface area (Å²) in [7, 11) is 0. The quantitative estimate of drug-likeness (QED) is 0.586. The van der Waals surface area contributed by atoms with Gasteiger partial charge in [-0.15, -0.1) is 23.2 Å². The number of hydrogen-bond donors (Lipinski definition) is 2.